The summed E-state index contributed by atoms with van der Waals surface area (Å²) in [4.78, 5) is 47.8. The topological polar surface area (TPSA) is 74.8 Å². The van der Waals surface area contributed by atoms with Crippen molar-refractivity contribution in [2.45, 2.75) is 25.8 Å². The average Bonchev–Trinajstić information content (AvgIpc) is 2.90. The van der Waals surface area contributed by atoms with Crippen LogP contribution in [0.5, 0.6) is 0 Å². The van der Waals surface area contributed by atoms with Crippen LogP contribution in [0.25, 0.3) is 0 Å². The Morgan fingerprint density at radius 3 is 1.95 bits per heavy atom. The van der Waals surface area contributed by atoms with E-state index in [-0.39, 0.29) is 0 Å². The minimum atomic E-state index is -0.642. The molecule has 6 nitrogen and oxygen atoms in total. The smallest absolute Gasteiger partial charge is 0.265 e. The lowest BCUT2D eigenvalue weighted by molar-refractivity contribution is -0.138. The lowest BCUT2D eigenvalue weighted by Gasteiger charge is -2.21. The third-order valence-corrected chi connectivity index (χ3v) is 2.87. The van der Waals surface area contributed by atoms with Crippen molar-refractivity contribution in [3.05, 3.63) is 24.3 Å². The van der Waals surface area contributed by atoms with Crippen LogP contribution in [0.15, 0.2) is 24.3 Å². The van der Waals surface area contributed by atoms with Gasteiger partial charge < -0.3 is 0 Å². The van der Waals surface area contributed by atoms with Crippen molar-refractivity contribution in [2.75, 3.05) is 0 Å². The first-order valence-corrected chi connectivity index (χ1v) is 6.17. The van der Waals surface area contributed by atoms with Gasteiger partial charge in [-0.1, -0.05) is 19.3 Å². The van der Waals surface area contributed by atoms with Crippen molar-refractivity contribution in [3.63, 3.8) is 0 Å². The van der Waals surface area contributed by atoms with Gasteiger partial charge in [-0.15, -0.1) is 0 Å². The van der Waals surface area contributed by atoms with Gasteiger partial charge in [0, 0.05) is 30.3 Å². The van der Waals surface area contributed by atoms with E-state index in [4.69, 9.17) is 0 Å². The third kappa shape index (κ3) is 2.52. The van der Waals surface area contributed by atoms with E-state index in [1.165, 1.54) is 12.2 Å². The van der Waals surface area contributed by atoms with Crippen molar-refractivity contribution in [2.24, 2.45) is 0 Å². The molecule has 0 aromatic rings. The maximum Gasteiger partial charge on any atom is 0.265 e. The van der Waals surface area contributed by atoms with Crippen LogP contribution in [0.2, 0.25) is 0 Å². The van der Waals surface area contributed by atoms with E-state index in [0.717, 1.165) is 22.0 Å². The molecule has 0 fully saturated rings. The van der Waals surface area contributed by atoms with Crippen LogP contribution in [0.3, 0.4) is 0 Å². The minimum absolute atomic E-state index is 0.431. The molecule has 20 heavy (non-hydrogen) atoms. The Labute approximate surface area is 115 Å². The predicted molar refractivity (Wildman–Crippen MR) is 68.5 cm³/mol. The summed E-state index contributed by atoms with van der Waals surface area (Å²) >= 11 is 0. The Balaban J connectivity index is 2.19. The van der Waals surface area contributed by atoms with Gasteiger partial charge in [-0.05, 0) is 6.42 Å². The largest absolute Gasteiger partial charge is 0.269 e. The Kier molecular flexibility index (Phi) is 3.80. The van der Waals surface area contributed by atoms with Crippen LogP contribution in [0.4, 0.5) is 0 Å². The Hall–Kier alpha value is -2.68. The fourth-order valence-corrected chi connectivity index (χ4v) is 1.91. The molecule has 0 spiro atoms. The summed E-state index contributed by atoms with van der Waals surface area (Å²) in [6, 6.07) is 1.79. The second-order valence-electron chi connectivity index (χ2n) is 4.29. The Bertz CT molecular complexity index is 570. The first kappa shape index (κ1) is 13.7. The van der Waals surface area contributed by atoms with Crippen LogP contribution in [-0.4, -0.2) is 39.5 Å². The molecule has 0 bridgehead atoms. The van der Waals surface area contributed by atoms with Gasteiger partial charge in [-0.3, -0.25) is 24.1 Å². The van der Waals surface area contributed by atoms with Crippen molar-refractivity contribution in [3.8, 4) is 12.0 Å². The summed E-state index contributed by atoms with van der Waals surface area (Å²) in [5, 5.41) is 0. The second kappa shape index (κ2) is 5.53. The molecule has 2 aliphatic heterocycles. The quantitative estimate of drug-likeness (QED) is 0.534. The fourth-order valence-electron chi connectivity index (χ4n) is 1.91. The molecule has 2 heterocycles. The third-order valence-electron chi connectivity index (χ3n) is 2.87. The Morgan fingerprint density at radius 1 is 0.950 bits per heavy atom. The highest BCUT2D eigenvalue weighted by Gasteiger charge is 2.30. The number of hydrogen-bond acceptors (Lipinski definition) is 4. The van der Waals surface area contributed by atoms with Gasteiger partial charge in [0.2, 0.25) is 0 Å². The van der Waals surface area contributed by atoms with Gasteiger partial charge >= 0.3 is 0 Å². The normalized spacial score (nSPS) is 18.9. The van der Waals surface area contributed by atoms with Gasteiger partial charge in [-0.2, -0.15) is 4.90 Å². The molecule has 0 saturated heterocycles. The SMILES string of the molecule is CCCC(C#CN1C(=O)C=CC1=O)N1C(=O)C=CC1=O. The second-order valence-corrected chi connectivity index (χ2v) is 4.29. The zero-order chi connectivity index (χ0) is 14.7. The summed E-state index contributed by atoms with van der Waals surface area (Å²) in [7, 11) is 0. The van der Waals surface area contributed by atoms with Gasteiger partial charge in [-0.25, -0.2) is 0 Å². The molecule has 6 heteroatoms. The molecular formula is C14H12N2O4. The lowest BCUT2D eigenvalue weighted by atomic mass is 10.1. The molecule has 0 aliphatic carbocycles. The number of rotatable bonds is 3. The molecular weight excluding hydrogens is 260 g/mol. The summed E-state index contributed by atoms with van der Waals surface area (Å²) in [5.41, 5.74) is 0. The molecule has 0 aromatic heterocycles. The van der Waals surface area contributed by atoms with E-state index < -0.39 is 29.7 Å². The number of hydrogen-bond donors (Lipinski definition) is 0. The monoisotopic (exact) mass is 272 g/mol. The summed E-state index contributed by atoms with van der Waals surface area (Å²) in [5.74, 6) is 0.766. The summed E-state index contributed by atoms with van der Waals surface area (Å²) < 4.78 is 0. The highest BCUT2D eigenvalue weighted by molar-refractivity contribution is 6.14. The van der Waals surface area contributed by atoms with Crippen LogP contribution in [-0.2, 0) is 19.2 Å². The van der Waals surface area contributed by atoms with E-state index in [1.54, 1.807) is 0 Å². The maximum atomic E-state index is 11.6. The zero-order valence-electron chi connectivity index (χ0n) is 10.8. The number of imide groups is 2. The van der Waals surface area contributed by atoms with E-state index in [2.05, 4.69) is 12.0 Å². The highest BCUT2D eigenvalue weighted by Crippen LogP contribution is 2.13. The van der Waals surface area contributed by atoms with Gasteiger partial charge in [0.1, 0.15) is 6.04 Å². The molecule has 1 unspecified atom stereocenters. The predicted octanol–water partition coefficient (Wildman–Crippen LogP) is -0.0340. The molecule has 0 radical (unpaired) electrons. The summed E-state index contributed by atoms with van der Waals surface area (Å²) in [6.07, 6.45) is 5.80. The van der Waals surface area contributed by atoms with Gasteiger partial charge in [0.15, 0.2) is 0 Å². The average molecular weight is 272 g/mol. The molecule has 102 valence electrons. The summed E-state index contributed by atoms with van der Waals surface area (Å²) in [6.45, 7) is 1.89. The number of amides is 4. The molecule has 0 aromatic carbocycles. The lowest BCUT2D eigenvalue weighted by Crippen LogP contribution is -2.39. The van der Waals surface area contributed by atoms with E-state index >= 15 is 0 Å². The molecule has 0 N–H and O–H groups in total. The standard InChI is InChI=1S/C14H12N2O4/c1-2-3-10(16-13(19)6-7-14(16)20)8-9-15-11(17)4-5-12(15)18/h4-7,10H,2-3H2,1H3. The van der Waals surface area contributed by atoms with Crippen molar-refractivity contribution in [1.29, 1.82) is 0 Å². The first-order chi connectivity index (χ1) is 9.54. The van der Waals surface area contributed by atoms with Crippen LogP contribution < -0.4 is 0 Å². The van der Waals surface area contributed by atoms with E-state index in [9.17, 15) is 19.2 Å². The van der Waals surface area contributed by atoms with Crippen LogP contribution in [0, 0.1) is 12.0 Å². The molecule has 1 atom stereocenters. The number of carbonyl (C=O) groups excluding carboxylic acids is 4. The van der Waals surface area contributed by atoms with E-state index in [1.807, 2.05) is 6.92 Å². The molecule has 2 aliphatic rings. The fraction of sp³-hybridized carbons (Fsp3) is 0.286. The van der Waals surface area contributed by atoms with Crippen molar-refractivity contribution < 1.29 is 19.2 Å². The van der Waals surface area contributed by atoms with Gasteiger partial charge in [0.25, 0.3) is 23.6 Å². The van der Waals surface area contributed by atoms with Crippen molar-refractivity contribution >= 4 is 23.6 Å². The number of nitrogens with zero attached hydrogens (tertiary/aromatic N) is 2. The highest BCUT2D eigenvalue weighted by atomic mass is 16.2. The van der Waals surface area contributed by atoms with Crippen LogP contribution in [0.1, 0.15) is 19.8 Å². The van der Waals surface area contributed by atoms with Crippen LogP contribution >= 0.6 is 0 Å². The van der Waals surface area contributed by atoms with Crippen molar-refractivity contribution in [1.82, 2.24) is 9.80 Å². The minimum Gasteiger partial charge on any atom is -0.269 e. The van der Waals surface area contributed by atoms with Gasteiger partial charge in [0.05, 0.1) is 0 Å². The first-order valence-electron chi connectivity index (χ1n) is 6.17. The zero-order valence-corrected chi connectivity index (χ0v) is 10.8. The Morgan fingerprint density at radius 2 is 1.45 bits per heavy atom. The molecule has 4 amide bonds. The number of carbonyl (C=O) groups is 4. The molecule has 0 saturated carbocycles. The molecule has 2 rings (SSSR count). The maximum absolute atomic E-state index is 11.6. The van der Waals surface area contributed by atoms with E-state index in [0.29, 0.717) is 12.8 Å².